The van der Waals surface area contributed by atoms with Crippen LogP contribution < -0.4 is 16.8 Å². The number of rotatable bonds is 9. The maximum Gasteiger partial charge on any atom is 0.248 e. The summed E-state index contributed by atoms with van der Waals surface area (Å²) in [5.41, 5.74) is 12.8. The fourth-order valence-electron chi connectivity index (χ4n) is 1.62. The van der Waals surface area contributed by atoms with E-state index in [1.54, 1.807) is 18.2 Å². The van der Waals surface area contributed by atoms with Crippen LogP contribution in [-0.2, 0) is 4.74 Å². The van der Waals surface area contributed by atoms with E-state index in [4.69, 9.17) is 16.2 Å². The molecule has 0 saturated heterocycles. The van der Waals surface area contributed by atoms with Gasteiger partial charge >= 0.3 is 0 Å². The number of primary amides is 1. The topological polar surface area (TPSA) is 90.4 Å². The zero-order valence-corrected chi connectivity index (χ0v) is 11.4. The van der Waals surface area contributed by atoms with Crippen LogP contribution in [0.2, 0.25) is 0 Å². The van der Waals surface area contributed by atoms with Crippen molar-refractivity contribution in [3.63, 3.8) is 0 Å². The van der Waals surface area contributed by atoms with Crippen LogP contribution in [0.15, 0.2) is 18.2 Å². The van der Waals surface area contributed by atoms with E-state index < -0.39 is 5.91 Å². The predicted molar refractivity (Wildman–Crippen MR) is 78.2 cm³/mol. The van der Waals surface area contributed by atoms with Crippen LogP contribution in [-0.4, -0.2) is 25.7 Å². The molecular weight excluding hydrogens is 242 g/mol. The van der Waals surface area contributed by atoms with Crippen molar-refractivity contribution in [3.8, 4) is 0 Å². The first-order valence-electron chi connectivity index (χ1n) is 6.66. The van der Waals surface area contributed by atoms with Crippen LogP contribution in [0, 0.1) is 0 Å². The van der Waals surface area contributed by atoms with Crippen molar-refractivity contribution >= 4 is 17.3 Å². The number of hydrogen-bond acceptors (Lipinski definition) is 4. The molecule has 1 amide bonds. The van der Waals surface area contributed by atoms with E-state index in [1.165, 1.54) is 0 Å². The number of carbonyl (C=O) groups excluding carboxylic acids is 1. The molecule has 5 N–H and O–H groups in total. The summed E-state index contributed by atoms with van der Waals surface area (Å²) >= 11 is 0. The Labute approximate surface area is 114 Å². The van der Waals surface area contributed by atoms with Gasteiger partial charge in [0.1, 0.15) is 0 Å². The van der Waals surface area contributed by atoms with Crippen LogP contribution >= 0.6 is 0 Å². The summed E-state index contributed by atoms with van der Waals surface area (Å²) < 4.78 is 5.46. The molecule has 0 heterocycles. The largest absolute Gasteiger partial charge is 0.397 e. The molecule has 19 heavy (non-hydrogen) atoms. The molecule has 106 valence electrons. The minimum Gasteiger partial charge on any atom is -0.397 e. The van der Waals surface area contributed by atoms with Gasteiger partial charge in [-0.2, -0.15) is 0 Å². The fraction of sp³-hybridized carbons (Fsp3) is 0.500. The molecule has 0 aromatic heterocycles. The summed E-state index contributed by atoms with van der Waals surface area (Å²) in [5.74, 6) is -0.470. The molecule has 1 aromatic carbocycles. The zero-order chi connectivity index (χ0) is 14.1. The van der Waals surface area contributed by atoms with Gasteiger partial charge in [-0.15, -0.1) is 0 Å². The molecule has 0 aliphatic carbocycles. The van der Waals surface area contributed by atoms with E-state index in [2.05, 4.69) is 12.2 Å². The average Bonchev–Trinajstić information content (AvgIpc) is 2.39. The molecule has 5 heteroatoms. The third-order valence-corrected chi connectivity index (χ3v) is 2.76. The van der Waals surface area contributed by atoms with Crippen molar-refractivity contribution < 1.29 is 9.53 Å². The number of ether oxygens (including phenoxy) is 1. The van der Waals surface area contributed by atoms with Gasteiger partial charge in [-0.1, -0.05) is 13.3 Å². The summed E-state index contributed by atoms with van der Waals surface area (Å²) in [6, 6.07) is 5.02. The highest BCUT2D eigenvalue weighted by Crippen LogP contribution is 2.19. The maximum atomic E-state index is 11.0. The summed E-state index contributed by atoms with van der Waals surface area (Å²) in [6.45, 7) is 4.49. The van der Waals surface area contributed by atoms with E-state index >= 15 is 0 Å². The molecule has 0 fully saturated rings. The van der Waals surface area contributed by atoms with Crippen LogP contribution in [0.5, 0.6) is 0 Å². The number of nitrogen functional groups attached to an aromatic ring is 1. The van der Waals surface area contributed by atoms with Crippen LogP contribution in [0.4, 0.5) is 11.4 Å². The van der Waals surface area contributed by atoms with E-state index in [1.807, 2.05) is 0 Å². The number of unbranched alkanes of at least 4 members (excludes halogenated alkanes) is 1. The highest BCUT2D eigenvalue weighted by atomic mass is 16.5. The number of anilines is 2. The van der Waals surface area contributed by atoms with Gasteiger partial charge in [-0.25, -0.2) is 0 Å². The second-order valence-electron chi connectivity index (χ2n) is 4.41. The number of benzene rings is 1. The molecule has 5 nitrogen and oxygen atoms in total. The Balaban J connectivity index is 2.28. The first-order chi connectivity index (χ1) is 9.15. The van der Waals surface area contributed by atoms with Crippen LogP contribution in [0.25, 0.3) is 0 Å². The van der Waals surface area contributed by atoms with Gasteiger partial charge in [-0.3, -0.25) is 4.79 Å². The van der Waals surface area contributed by atoms with Crippen LogP contribution in [0.1, 0.15) is 36.5 Å². The number of hydrogen-bond donors (Lipinski definition) is 3. The van der Waals surface area contributed by atoms with Crippen molar-refractivity contribution in [1.82, 2.24) is 0 Å². The Bertz CT molecular complexity index is 408. The summed E-state index contributed by atoms with van der Waals surface area (Å²) in [5, 5.41) is 3.21. The average molecular weight is 265 g/mol. The maximum absolute atomic E-state index is 11.0. The first-order valence-corrected chi connectivity index (χ1v) is 6.66. The Morgan fingerprint density at radius 1 is 1.32 bits per heavy atom. The molecule has 0 spiro atoms. The third-order valence-electron chi connectivity index (χ3n) is 2.76. The van der Waals surface area contributed by atoms with E-state index in [9.17, 15) is 4.79 Å². The van der Waals surface area contributed by atoms with E-state index in [0.29, 0.717) is 11.3 Å². The number of amides is 1. The van der Waals surface area contributed by atoms with Crippen molar-refractivity contribution in [2.45, 2.75) is 26.2 Å². The molecule has 0 aliphatic rings. The summed E-state index contributed by atoms with van der Waals surface area (Å²) in [6.07, 6.45) is 3.18. The van der Waals surface area contributed by atoms with Gasteiger partial charge in [0.15, 0.2) is 0 Å². The lowest BCUT2D eigenvalue weighted by Gasteiger charge is -2.10. The molecule has 1 aromatic rings. The number of nitrogens with one attached hydrogen (secondary N) is 1. The van der Waals surface area contributed by atoms with Gasteiger partial charge in [-0.05, 0) is 31.0 Å². The van der Waals surface area contributed by atoms with Gasteiger partial charge < -0.3 is 21.5 Å². The first kappa shape index (κ1) is 15.3. The standard InChI is InChI=1S/C14H23N3O2/c1-2-3-8-19-9-4-7-17-13-6-5-11(14(16)18)10-12(13)15/h5-6,10,17H,2-4,7-9,15H2,1H3,(H2,16,18). The second-order valence-corrected chi connectivity index (χ2v) is 4.41. The smallest absolute Gasteiger partial charge is 0.248 e. The SMILES string of the molecule is CCCCOCCCNc1ccc(C(N)=O)cc1N. The normalized spacial score (nSPS) is 10.4. The number of carbonyl (C=O) groups is 1. The van der Waals surface area contributed by atoms with Gasteiger partial charge in [0, 0.05) is 25.3 Å². The quantitative estimate of drug-likeness (QED) is 0.470. The van der Waals surface area contributed by atoms with E-state index in [-0.39, 0.29) is 0 Å². The molecular formula is C14H23N3O2. The second kappa shape index (κ2) is 8.37. The predicted octanol–water partition coefficient (Wildman–Crippen LogP) is 1.99. The van der Waals surface area contributed by atoms with Crippen molar-refractivity contribution in [1.29, 1.82) is 0 Å². The zero-order valence-electron chi connectivity index (χ0n) is 11.4. The molecule has 0 radical (unpaired) electrons. The Hall–Kier alpha value is -1.75. The highest BCUT2D eigenvalue weighted by molar-refractivity contribution is 5.94. The molecule has 0 atom stereocenters. The molecule has 1 rings (SSSR count). The lowest BCUT2D eigenvalue weighted by atomic mass is 10.1. The monoisotopic (exact) mass is 265 g/mol. The van der Waals surface area contributed by atoms with Gasteiger partial charge in [0.25, 0.3) is 0 Å². The lowest BCUT2D eigenvalue weighted by molar-refractivity contribution is 0.100. The highest BCUT2D eigenvalue weighted by Gasteiger charge is 2.04. The minimum absolute atomic E-state index is 0.422. The molecule has 0 aliphatic heterocycles. The van der Waals surface area contributed by atoms with Crippen molar-refractivity contribution in [2.75, 3.05) is 30.8 Å². The van der Waals surface area contributed by atoms with E-state index in [0.717, 1.165) is 44.7 Å². The molecule has 0 unspecified atom stereocenters. The Morgan fingerprint density at radius 3 is 2.68 bits per heavy atom. The Morgan fingerprint density at radius 2 is 2.05 bits per heavy atom. The van der Waals surface area contributed by atoms with Crippen LogP contribution in [0.3, 0.4) is 0 Å². The minimum atomic E-state index is -0.470. The van der Waals surface area contributed by atoms with Crippen molar-refractivity contribution in [3.05, 3.63) is 23.8 Å². The summed E-state index contributed by atoms with van der Waals surface area (Å²) in [7, 11) is 0. The number of nitrogens with two attached hydrogens (primary N) is 2. The van der Waals surface area contributed by atoms with Gasteiger partial charge in [0.05, 0.1) is 11.4 Å². The Kier molecular flexibility index (Phi) is 6.74. The molecule has 0 bridgehead atoms. The summed E-state index contributed by atoms with van der Waals surface area (Å²) in [4.78, 5) is 11.0. The third kappa shape index (κ3) is 5.61. The molecule has 0 saturated carbocycles. The lowest BCUT2D eigenvalue weighted by Crippen LogP contribution is -2.12. The van der Waals surface area contributed by atoms with Gasteiger partial charge in [0.2, 0.25) is 5.91 Å². The van der Waals surface area contributed by atoms with Crippen molar-refractivity contribution in [2.24, 2.45) is 5.73 Å². The fourth-order valence-corrected chi connectivity index (χ4v) is 1.62.